The summed E-state index contributed by atoms with van der Waals surface area (Å²) in [5.41, 5.74) is 2.24. The zero-order valence-corrected chi connectivity index (χ0v) is 8.60. The standard InChI is InChI=1S/C12H18O/c1-3-10(2)12(13)9-11-7-5-4-6-8-11/h3,7H,4-6,8-9H2,1-2H3/b10-3-. The van der Waals surface area contributed by atoms with Gasteiger partial charge in [-0.05, 0) is 45.1 Å². The molecule has 1 aliphatic rings. The van der Waals surface area contributed by atoms with Gasteiger partial charge >= 0.3 is 0 Å². The van der Waals surface area contributed by atoms with Crippen molar-refractivity contribution >= 4 is 5.78 Å². The maximum atomic E-state index is 11.5. The van der Waals surface area contributed by atoms with E-state index in [1.54, 1.807) is 0 Å². The van der Waals surface area contributed by atoms with Crippen molar-refractivity contribution in [3.05, 3.63) is 23.3 Å². The maximum Gasteiger partial charge on any atom is 0.162 e. The molecule has 0 saturated carbocycles. The minimum atomic E-state index is 0.288. The predicted octanol–water partition coefficient (Wildman–Crippen LogP) is 3.41. The monoisotopic (exact) mass is 178 g/mol. The number of Topliss-reactive ketones (excluding diaryl/α,β-unsaturated/α-hetero) is 1. The molecule has 0 atom stereocenters. The normalized spacial score (nSPS) is 18.3. The largest absolute Gasteiger partial charge is 0.294 e. The van der Waals surface area contributed by atoms with Crippen molar-refractivity contribution in [2.45, 2.75) is 46.0 Å². The molecule has 0 fully saturated rings. The van der Waals surface area contributed by atoms with Gasteiger partial charge in [0.2, 0.25) is 0 Å². The van der Waals surface area contributed by atoms with Crippen molar-refractivity contribution in [3.8, 4) is 0 Å². The number of hydrogen-bond acceptors (Lipinski definition) is 1. The minimum Gasteiger partial charge on any atom is -0.294 e. The van der Waals surface area contributed by atoms with E-state index in [4.69, 9.17) is 0 Å². The topological polar surface area (TPSA) is 17.1 Å². The van der Waals surface area contributed by atoms with Crippen molar-refractivity contribution in [1.82, 2.24) is 0 Å². The first-order valence-corrected chi connectivity index (χ1v) is 5.08. The summed E-state index contributed by atoms with van der Waals surface area (Å²) in [7, 11) is 0. The Hall–Kier alpha value is -0.850. The van der Waals surface area contributed by atoms with E-state index in [0.29, 0.717) is 6.42 Å². The molecule has 0 spiro atoms. The van der Waals surface area contributed by atoms with Crippen LogP contribution in [-0.4, -0.2) is 5.78 Å². The van der Waals surface area contributed by atoms with Crippen molar-refractivity contribution in [3.63, 3.8) is 0 Å². The first kappa shape index (κ1) is 10.2. The van der Waals surface area contributed by atoms with Gasteiger partial charge in [0, 0.05) is 6.42 Å². The Balaban J connectivity index is 2.48. The van der Waals surface area contributed by atoms with Crippen LogP contribution in [0.2, 0.25) is 0 Å². The number of allylic oxidation sites excluding steroid dienone is 4. The van der Waals surface area contributed by atoms with E-state index in [-0.39, 0.29) is 5.78 Å². The number of carbonyl (C=O) groups excluding carboxylic acids is 1. The van der Waals surface area contributed by atoms with Crippen LogP contribution in [0, 0.1) is 0 Å². The van der Waals surface area contributed by atoms with Gasteiger partial charge in [0.1, 0.15) is 0 Å². The highest BCUT2D eigenvalue weighted by molar-refractivity contribution is 5.96. The van der Waals surface area contributed by atoms with Crippen LogP contribution in [-0.2, 0) is 4.79 Å². The van der Waals surface area contributed by atoms with Gasteiger partial charge in [-0.3, -0.25) is 4.79 Å². The van der Waals surface area contributed by atoms with Crippen LogP contribution in [0.15, 0.2) is 23.3 Å². The average Bonchev–Trinajstić information content (AvgIpc) is 2.18. The quantitative estimate of drug-likeness (QED) is 0.478. The SMILES string of the molecule is C/C=C(/C)C(=O)CC1=CCCCC1. The van der Waals surface area contributed by atoms with Crippen molar-refractivity contribution in [1.29, 1.82) is 0 Å². The minimum absolute atomic E-state index is 0.288. The smallest absolute Gasteiger partial charge is 0.162 e. The van der Waals surface area contributed by atoms with Crippen LogP contribution in [0.1, 0.15) is 46.0 Å². The molecule has 0 aliphatic heterocycles. The van der Waals surface area contributed by atoms with E-state index in [0.717, 1.165) is 18.4 Å². The van der Waals surface area contributed by atoms with Crippen LogP contribution in [0.4, 0.5) is 0 Å². The molecule has 0 unspecified atom stereocenters. The third kappa shape index (κ3) is 3.17. The lowest BCUT2D eigenvalue weighted by atomic mass is 9.94. The summed E-state index contributed by atoms with van der Waals surface area (Å²) in [6.45, 7) is 3.81. The fraction of sp³-hybridized carbons (Fsp3) is 0.583. The fourth-order valence-corrected chi connectivity index (χ4v) is 1.57. The zero-order valence-electron chi connectivity index (χ0n) is 8.60. The highest BCUT2D eigenvalue weighted by Crippen LogP contribution is 2.21. The Morgan fingerprint density at radius 2 is 2.31 bits per heavy atom. The van der Waals surface area contributed by atoms with Crippen LogP contribution < -0.4 is 0 Å². The summed E-state index contributed by atoms with van der Waals surface area (Å²) >= 11 is 0. The van der Waals surface area contributed by atoms with Gasteiger partial charge < -0.3 is 0 Å². The number of hydrogen-bond donors (Lipinski definition) is 0. The molecule has 0 amide bonds. The average molecular weight is 178 g/mol. The summed E-state index contributed by atoms with van der Waals surface area (Å²) in [5.74, 6) is 0.288. The first-order valence-electron chi connectivity index (χ1n) is 5.08. The molecular formula is C12H18O. The second-order valence-corrected chi connectivity index (χ2v) is 3.68. The Morgan fingerprint density at radius 1 is 1.54 bits per heavy atom. The second-order valence-electron chi connectivity index (χ2n) is 3.68. The summed E-state index contributed by atoms with van der Waals surface area (Å²) in [4.78, 5) is 11.5. The molecule has 0 heterocycles. The lowest BCUT2D eigenvalue weighted by molar-refractivity contribution is -0.114. The molecular weight excluding hydrogens is 160 g/mol. The van der Waals surface area contributed by atoms with Gasteiger partial charge in [-0.25, -0.2) is 0 Å². The Morgan fingerprint density at radius 3 is 2.85 bits per heavy atom. The van der Waals surface area contributed by atoms with Gasteiger partial charge in [-0.1, -0.05) is 17.7 Å². The van der Waals surface area contributed by atoms with Crippen LogP contribution in [0.5, 0.6) is 0 Å². The molecule has 0 aromatic rings. The molecule has 0 radical (unpaired) electrons. The highest BCUT2D eigenvalue weighted by atomic mass is 16.1. The van der Waals surface area contributed by atoms with Gasteiger partial charge in [0.15, 0.2) is 5.78 Å². The molecule has 1 heteroatoms. The summed E-state index contributed by atoms with van der Waals surface area (Å²) in [5, 5.41) is 0. The lowest BCUT2D eigenvalue weighted by Gasteiger charge is -2.11. The van der Waals surface area contributed by atoms with Crippen molar-refractivity contribution < 1.29 is 4.79 Å². The molecule has 1 rings (SSSR count). The predicted molar refractivity (Wildman–Crippen MR) is 55.6 cm³/mol. The third-order valence-electron chi connectivity index (χ3n) is 2.65. The van der Waals surface area contributed by atoms with E-state index in [9.17, 15) is 4.79 Å². The van der Waals surface area contributed by atoms with E-state index in [1.165, 1.54) is 18.4 Å². The van der Waals surface area contributed by atoms with Gasteiger partial charge in [0.05, 0.1) is 0 Å². The molecule has 13 heavy (non-hydrogen) atoms. The van der Waals surface area contributed by atoms with E-state index in [2.05, 4.69) is 6.08 Å². The van der Waals surface area contributed by atoms with Gasteiger partial charge in [-0.15, -0.1) is 0 Å². The van der Waals surface area contributed by atoms with E-state index in [1.807, 2.05) is 19.9 Å². The second kappa shape index (κ2) is 5.00. The highest BCUT2D eigenvalue weighted by Gasteiger charge is 2.09. The van der Waals surface area contributed by atoms with E-state index < -0.39 is 0 Å². The van der Waals surface area contributed by atoms with Crippen LogP contribution in [0.25, 0.3) is 0 Å². The van der Waals surface area contributed by atoms with Crippen LogP contribution in [0.3, 0.4) is 0 Å². The number of rotatable bonds is 3. The molecule has 1 aliphatic carbocycles. The van der Waals surface area contributed by atoms with Gasteiger partial charge in [0.25, 0.3) is 0 Å². The summed E-state index contributed by atoms with van der Waals surface area (Å²) in [6, 6.07) is 0. The lowest BCUT2D eigenvalue weighted by Crippen LogP contribution is -2.03. The van der Waals surface area contributed by atoms with Crippen molar-refractivity contribution in [2.24, 2.45) is 0 Å². The molecule has 0 N–H and O–H groups in total. The fourth-order valence-electron chi connectivity index (χ4n) is 1.57. The molecule has 0 bridgehead atoms. The number of carbonyl (C=O) groups is 1. The van der Waals surface area contributed by atoms with Gasteiger partial charge in [-0.2, -0.15) is 0 Å². The Kier molecular flexibility index (Phi) is 3.94. The Labute approximate surface area is 80.5 Å². The molecule has 0 aromatic carbocycles. The molecule has 0 aromatic heterocycles. The number of ketones is 1. The summed E-state index contributed by atoms with van der Waals surface area (Å²) in [6.07, 6.45) is 9.63. The van der Waals surface area contributed by atoms with Crippen LogP contribution >= 0.6 is 0 Å². The van der Waals surface area contributed by atoms with E-state index >= 15 is 0 Å². The third-order valence-corrected chi connectivity index (χ3v) is 2.65. The first-order chi connectivity index (χ1) is 6.24. The van der Waals surface area contributed by atoms with Crippen molar-refractivity contribution in [2.75, 3.05) is 0 Å². The molecule has 0 saturated heterocycles. The summed E-state index contributed by atoms with van der Waals surface area (Å²) < 4.78 is 0. The molecule has 1 nitrogen and oxygen atoms in total. The molecule has 72 valence electrons. The zero-order chi connectivity index (χ0) is 9.68. The maximum absolute atomic E-state index is 11.5. The Bertz CT molecular complexity index is 246.